The molecule has 1 amide bonds. The monoisotopic (exact) mass is 329 g/mol. The second kappa shape index (κ2) is 7.93. The number of hydrogen-bond donors (Lipinski definition) is 2. The van der Waals surface area contributed by atoms with Crippen LogP contribution in [0.2, 0.25) is 0 Å². The molecule has 0 aromatic heterocycles. The molecule has 25 heavy (non-hydrogen) atoms. The number of anilines is 2. The van der Waals surface area contributed by atoms with Crippen molar-refractivity contribution in [2.45, 2.75) is 6.92 Å². The van der Waals surface area contributed by atoms with Crippen LogP contribution < -0.4 is 10.7 Å². The molecule has 0 aliphatic heterocycles. The van der Waals surface area contributed by atoms with Crippen molar-refractivity contribution >= 4 is 23.0 Å². The van der Waals surface area contributed by atoms with E-state index < -0.39 is 0 Å². The average Bonchev–Trinajstić information content (AvgIpc) is 2.68. The third kappa shape index (κ3) is 4.54. The summed E-state index contributed by atoms with van der Waals surface area (Å²) in [5, 5.41) is 7.27. The number of nitrogens with zero attached hydrogens (tertiary/aromatic N) is 1. The van der Waals surface area contributed by atoms with Gasteiger partial charge in [-0.05, 0) is 48.9 Å². The number of para-hydroxylation sites is 1. The van der Waals surface area contributed by atoms with Crippen molar-refractivity contribution in [3.05, 3.63) is 96.1 Å². The van der Waals surface area contributed by atoms with Gasteiger partial charge in [-0.3, -0.25) is 10.2 Å². The third-order valence-corrected chi connectivity index (χ3v) is 3.72. The lowest BCUT2D eigenvalue weighted by molar-refractivity contribution is 0.102. The number of amides is 1. The summed E-state index contributed by atoms with van der Waals surface area (Å²) in [6.45, 7) is 1.94. The summed E-state index contributed by atoms with van der Waals surface area (Å²) in [6.07, 6.45) is 0. The minimum atomic E-state index is -0.121. The molecule has 0 saturated carbocycles. The number of nitrogens with one attached hydrogen (secondary N) is 2. The molecule has 4 nitrogen and oxygen atoms in total. The van der Waals surface area contributed by atoms with Gasteiger partial charge in [0.25, 0.3) is 5.91 Å². The molecular weight excluding hydrogens is 310 g/mol. The zero-order chi connectivity index (χ0) is 17.5. The van der Waals surface area contributed by atoms with Gasteiger partial charge in [-0.15, -0.1) is 0 Å². The Kier molecular flexibility index (Phi) is 5.22. The smallest absolute Gasteiger partial charge is 0.255 e. The van der Waals surface area contributed by atoms with Crippen LogP contribution in [0, 0.1) is 0 Å². The summed E-state index contributed by atoms with van der Waals surface area (Å²) in [7, 11) is 0. The molecule has 3 rings (SSSR count). The number of carbonyl (C=O) groups excluding carboxylic acids is 1. The van der Waals surface area contributed by atoms with Gasteiger partial charge in [0, 0.05) is 11.3 Å². The minimum Gasteiger partial charge on any atom is -0.322 e. The Balaban J connectivity index is 1.64. The fraction of sp³-hybridized carbons (Fsp3) is 0.0476. The summed E-state index contributed by atoms with van der Waals surface area (Å²) >= 11 is 0. The van der Waals surface area contributed by atoms with Crippen LogP contribution in [0.5, 0.6) is 0 Å². The van der Waals surface area contributed by atoms with Gasteiger partial charge in [-0.25, -0.2) is 0 Å². The fourth-order valence-corrected chi connectivity index (χ4v) is 2.31. The third-order valence-electron chi connectivity index (χ3n) is 3.72. The summed E-state index contributed by atoms with van der Waals surface area (Å²) < 4.78 is 0. The summed E-state index contributed by atoms with van der Waals surface area (Å²) in [5.74, 6) is -0.121. The van der Waals surface area contributed by atoms with Crippen LogP contribution in [-0.2, 0) is 0 Å². The molecule has 0 saturated heterocycles. The van der Waals surface area contributed by atoms with E-state index in [1.54, 1.807) is 12.1 Å². The molecule has 0 spiro atoms. The van der Waals surface area contributed by atoms with Crippen LogP contribution >= 0.6 is 0 Å². The van der Waals surface area contributed by atoms with Gasteiger partial charge in [0.2, 0.25) is 0 Å². The van der Waals surface area contributed by atoms with Crippen molar-refractivity contribution in [3.8, 4) is 0 Å². The van der Waals surface area contributed by atoms with Gasteiger partial charge in [-0.1, -0.05) is 48.5 Å². The van der Waals surface area contributed by atoms with Crippen LogP contribution in [-0.4, -0.2) is 11.6 Å². The molecule has 2 N–H and O–H groups in total. The SMILES string of the molecule is C/C(=N\Nc1ccccc1)c1ccc(NC(=O)c2ccccc2)cc1. The topological polar surface area (TPSA) is 53.5 Å². The Morgan fingerprint density at radius 3 is 1.96 bits per heavy atom. The second-order valence-corrected chi connectivity index (χ2v) is 5.57. The van der Waals surface area contributed by atoms with Crippen LogP contribution in [0.15, 0.2) is 90.0 Å². The molecule has 0 radical (unpaired) electrons. The lowest BCUT2D eigenvalue weighted by Crippen LogP contribution is -2.11. The Hall–Kier alpha value is -3.40. The van der Waals surface area contributed by atoms with Crippen molar-refractivity contribution in [2.24, 2.45) is 5.10 Å². The van der Waals surface area contributed by atoms with Gasteiger partial charge in [0.15, 0.2) is 0 Å². The molecule has 3 aromatic rings. The Bertz CT molecular complexity index is 857. The summed E-state index contributed by atoms with van der Waals surface area (Å²) in [6, 6.07) is 26.6. The molecule has 124 valence electrons. The molecular formula is C21H19N3O. The van der Waals surface area contributed by atoms with E-state index in [0.717, 1.165) is 22.6 Å². The minimum absolute atomic E-state index is 0.121. The second-order valence-electron chi connectivity index (χ2n) is 5.57. The molecule has 0 fully saturated rings. The molecule has 0 aliphatic carbocycles. The zero-order valence-corrected chi connectivity index (χ0v) is 13.9. The largest absolute Gasteiger partial charge is 0.322 e. The highest BCUT2D eigenvalue weighted by atomic mass is 16.1. The van der Waals surface area contributed by atoms with Crippen LogP contribution in [0.3, 0.4) is 0 Å². The maximum absolute atomic E-state index is 12.1. The predicted octanol–water partition coefficient (Wildman–Crippen LogP) is 4.78. The first-order valence-corrected chi connectivity index (χ1v) is 8.04. The maximum atomic E-state index is 12.1. The number of benzene rings is 3. The molecule has 3 aromatic carbocycles. The van der Waals surface area contributed by atoms with E-state index in [1.807, 2.05) is 79.7 Å². The van der Waals surface area contributed by atoms with Crippen LogP contribution in [0.1, 0.15) is 22.8 Å². The normalized spacial score (nSPS) is 11.0. The molecule has 4 heteroatoms. The van der Waals surface area contributed by atoms with E-state index in [9.17, 15) is 4.79 Å². The van der Waals surface area contributed by atoms with E-state index in [1.165, 1.54) is 0 Å². The van der Waals surface area contributed by atoms with E-state index in [0.29, 0.717) is 5.56 Å². The van der Waals surface area contributed by atoms with Crippen molar-refractivity contribution in [1.82, 2.24) is 0 Å². The van der Waals surface area contributed by atoms with Gasteiger partial charge < -0.3 is 5.32 Å². The Morgan fingerprint density at radius 1 is 0.720 bits per heavy atom. The average molecular weight is 329 g/mol. The number of rotatable bonds is 5. The van der Waals surface area contributed by atoms with Crippen LogP contribution in [0.4, 0.5) is 11.4 Å². The molecule has 0 aliphatic rings. The highest BCUT2D eigenvalue weighted by molar-refractivity contribution is 6.04. The number of hydrazone groups is 1. The van der Waals surface area contributed by atoms with E-state index in [2.05, 4.69) is 15.8 Å². The number of carbonyl (C=O) groups is 1. The van der Waals surface area contributed by atoms with Crippen molar-refractivity contribution < 1.29 is 4.79 Å². The lowest BCUT2D eigenvalue weighted by Gasteiger charge is -2.07. The van der Waals surface area contributed by atoms with Gasteiger partial charge in [0.05, 0.1) is 11.4 Å². The highest BCUT2D eigenvalue weighted by Crippen LogP contribution is 2.13. The predicted molar refractivity (Wildman–Crippen MR) is 103 cm³/mol. The molecule has 0 unspecified atom stereocenters. The van der Waals surface area contributed by atoms with E-state index >= 15 is 0 Å². The first-order valence-electron chi connectivity index (χ1n) is 8.04. The van der Waals surface area contributed by atoms with Crippen molar-refractivity contribution in [3.63, 3.8) is 0 Å². The van der Waals surface area contributed by atoms with Gasteiger partial charge in [0.1, 0.15) is 0 Å². The fourth-order valence-electron chi connectivity index (χ4n) is 2.31. The first-order chi connectivity index (χ1) is 12.2. The standard InChI is InChI=1S/C21H19N3O/c1-16(23-24-20-10-6-3-7-11-20)17-12-14-19(15-13-17)22-21(25)18-8-4-2-5-9-18/h2-15,24H,1H3,(H,22,25)/b23-16+. The van der Waals surface area contributed by atoms with Gasteiger partial charge in [-0.2, -0.15) is 5.10 Å². The van der Waals surface area contributed by atoms with Crippen LogP contribution in [0.25, 0.3) is 0 Å². The van der Waals surface area contributed by atoms with Crippen molar-refractivity contribution in [2.75, 3.05) is 10.7 Å². The Morgan fingerprint density at radius 2 is 1.32 bits per heavy atom. The first kappa shape index (κ1) is 16.5. The highest BCUT2D eigenvalue weighted by Gasteiger charge is 2.05. The van der Waals surface area contributed by atoms with E-state index in [4.69, 9.17) is 0 Å². The van der Waals surface area contributed by atoms with E-state index in [-0.39, 0.29) is 5.91 Å². The zero-order valence-electron chi connectivity index (χ0n) is 13.9. The van der Waals surface area contributed by atoms with Crippen molar-refractivity contribution in [1.29, 1.82) is 0 Å². The quantitative estimate of drug-likeness (QED) is 0.523. The maximum Gasteiger partial charge on any atom is 0.255 e. The molecule has 0 atom stereocenters. The summed E-state index contributed by atoms with van der Waals surface area (Å²) in [5.41, 5.74) is 7.21. The summed E-state index contributed by atoms with van der Waals surface area (Å²) in [4.78, 5) is 12.1. The lowest BCUT2D eigenvalue weighted by atomic mass is 10.1. The molecule has 0 bridgehead atoms. The Labute approximate surface area is 147 Å². The number of hydrogen-bond acceptors (Lipinski definition) is 3. The van der Waals surface area contributed by atoms with Gasteiger partial charge >= 0.3 is 0 Å². The molecule has 0 heterocycles.